The van der Waals surface area contributed by atoms with Crippen molar-refractivity contribution in [3.8, 4) is 12.3 Å². The van der Waals surface area contributed by atoms with Gasteiger partial charge in [0.05, 0.1) is 6.54 Å². The maximum atomic E-state index is 11.4. The number of alkyl carbamates (subject to hydrolysis) is 1. The Balaban J connectivity index is 2.40. The van der Waals surface area contributed by atoms with Gasteiger partial charge in [0.15, 0.2) is 0 Å². The van der Waals surface area contributed by atoms with Crippen molar-refractivity contribution in [3.05, 3.63) is 5.28 Å². The van der Waals surface area contributed by atoms with Crippen molar-refractivity contribution < 1.29 is 9.53 Å². The Morgan fingerprint density at radius 2 is 1.86 bits per heavy atom. The van der Waals surface area contributed by atoms with Crippen molar-refractivity contribution in [3.63, 3.8) is 0 Å². The fraction of sp³-hybridized carbons (Fsp3) is 0.538. The highest BCUT2D eigenvalue weighted by Gasteiger charge is 2.15. The molecule has 3 N–H and O–H groups in total. The molecule has 0 spiro atoms. The summed E-state index contributed by atoms with van der Waals surface area (Å²) >= 11 is 5.78. The number of terminal acetylenes is 1. The van der Waals surface area contributed by atoms with Gasteiger partial charge in [0.2, 0.25) is 17.2 Å². The molecule has 0 unspecified atom stereocenters. The van der Waals surface area contributed by atoms with E-state index in [0.717, 1.165) is 0 Å². The Labute approximate surface area is 134 Å². The summed E-state index contributed by atoms with van der Waals surface area (Å²) in [5.74, 6) is 2.96. The van der Waals surface area contributed by atoms with Crippen LogP contribution in [0.25, 0.3) is 0 Å². The number of anilines is 2. The van der Waals surface area contributed by atoms with E-state index in [1.807, 2.05) is 0 Å². The second kappa shape index (κ2) is 8.24. The van der Waals surface area contributed by atoms with E-state index < -0.39 is 11.7 Å². The quantitative estimate of drug-likeness (QED) is 0.538. The molecule has 0 aromatic carbocycles. The Morgan fingerprint density at radius 1 is 1.23 bits per heavy atom. The lowest BCUT2D eigenvalue weighted by atomic mass is 10.2. The molecule has 0 bridgehead atoms. The van der Waals surface area contributed by atoms with Gasteiger partial charge in [0.1, 0.15) is 5.60 Å². The molecule has 120 valence electrons. The van der Waals surface area contributed by atoms with E-state index in [1.54, 1.807) is 20.8 Å². The largest absolute Gasteiger partial charge is 0.444 e. The van der Waals surface area contributed by atoms with Crippen molar-refractivity contribution in [1.29, 1.82) is 0 Å². The van der Waals surface area contributed by atoms with Crippen molar-refractivity contribution in [1.82, 2.24) is 20.3 Å². The highest BCUT2D eigenvalue weighted by atomic mass is 35.5. The number of halogens is 1. The molecule has 1 amide bonds. The molecule has 0 aliphatic heterocycles. The molecular weight excluding hydrogens is 308 g/mol. The molecule has 0 saturated heterocycles. The standard InChI is InChI=1S/C13H19ClN6O2/c1-5-6-15-10-18-9(14)19-11(20-10)16-7-8-17-12(21)22-13(2,3)4/h1H,6-8H2,2-4H3,(H,17,21)(H2,15,16,18,19,20). The Morgan fingerprint density at radius 3 is 2.45 bits per heavy atom. The first-order valence-corrected chi connectivity index (χ1v) is 6.97. The SMILES string of the molecule is C#CCNc1nc(Cl)nc(NCCNC(=O)OC(C)(C)C)n1. The number of aromatic nitrogens is 3. The number of rotatable bonds is 6. The Hall–Kier alpha value is -2.27. The molecule has 0 aliphatic rings. The summed E-state index contributed by atoms with van der Waals surface area (Å²) in [6.07, 6.45) is 4.65. The molecule has 1 aromatic heterocycles. The van der Waals surface area contributed by atoms with Crippen LogP contribution in [0.1, 0.15) is 20.8 Å². The molecule has 8 nitrogen and oxygen atoms in total. The second-order valence-electron chi connectivity index (χ2n) is 5.16. The van der Waals surface area contributed by atoms with E-state index in [9.17, 15) is 4.79 Å². The van der Waals surface area contributed by atoms with Gasteiger partial charge in [0, 0.05) is 13.1 Å². The van der Waals surface area contributed by atoms with Crippen molar-refractivity contribution >= 4 is 29.6 Å². The molecule has 1 aromatic rings. The first-order chi connectivity index (χ1) is 10.3. The molecule has 9 heteroatoms. The average molecular weight is 327 g/mol. The van der Waals surface area contributed by atoms with E-state index in [1.165, 1.54) is 0 Å². The van der Waals surface area contributed by atoms with Gasteiger partial charge in [-0.1, -0.05) is 5.92 Å². The minimum atomic E-state index is -0.531. The first-order valence-electron chi connectivity index (χ1n) is 6.60. The molecule has 0 aliphatic carbocycles. The molecule has 1 rings (SSSR count). The number of hydrogen-bond acceptors (Lipinski definition) is 7. The summed E-state index contributed by atoms with van der Waals surface area (Å²) in [4.78, 5) is 23.3. The van der Waals surface area contributed by atoms with E-state index >= 15 is 0 Å². The third-order valence-corrected chi connectivity index (χ3v) is 2.20. The topological polar surface area (TPSA) is 101 Å². The molecule has 1 heterocycles. The number of nitrogens with one attached hydrogen (secondary N) is 3. The first kappa shape index (κ1) is 17.8. The summed E-state index contributed by atoms with van der Waals surface area (Å²) in [6.45, 7) is 6.40. The van der Waals surface area contributed by atoms with Gasteiger partial charge in [-0.2, -0.15) is 15.0 Å². The maximum absolute atomic E-state index is 11.4. The Kier molecular flexibility index (Phi) is 6.66. The monoisotopic (exact) mass is 326 g/mol. The lowest BCUT2D eigenvalue weighted by molar-refractivity contribution is 0.0530. The van der Waals surface area contributed by atoms with Crippen LogP contribution >= 0.6 is 11.6 Å². The van der Waals surface area contributed by atoms with Crippen LogP contribution < -0.4 is 16.0 Å². The van der Waals surface area contributed by atoms with Crippen molar-refractivity contribution in [2.24, 2.45) is 0 Å². The van der Waals surface area contributed by atoms with Gasteiger partial charge in [0.25, 0.3) is 0 Å². The third-order valence-electron chi connectivity index (χ3n) is 2.03. The average Bonchev–Trinajstić information content (AvgIpc) is 2.39. The van der Waals surface area contributed by atoms with Crippen LogP contribution in [0.5, 0.6) is 0 Å². The van der Waals surface area contributed by atoms with Gasteiger partial charge in [-0.05, 0) is 32.4 Å². The number of amides is 1. The number of nitrogens with zero attached hydrogens (tertiary/aromatic N) is 3. The zero-order chi connectivity index (χ0) is 16.6. The minimum Gasteiger partial charge on any atom is -0.444 e. The van der Waals surface area contributed by atoms with Crippen LogP contribution in [0.2, 0.25) is 5.28 Å². The molecule has 0 saturated carbocycles. The minimum absolute atomic E-state index is 0.0390. The second-order valence-corrected chi connectivity index (χ2v) is 5.50. The highest BCUT2D eigenvalue weighted by molar-refractivity contribution is 6.28. The predicted octanol–water partition coefficient (Wildman–Crippen LogP) is 1.51. The van der Waals surface area contributed by atoms with Gasteiger partial charge in [-0.3, -0.25) is 0 Å². The van der Waals surface area contributed by atoms with E-state index in [4.69, 9.17) is 22.8 Å². The van der Waals surface area contributed by atoms with Crippen LogP contribution in [-0.4, -0.2) is 46.3 Å². The molecule has 22 heavy (non-hydrogen) atoms. The van der Waals surface area contributed by atoms with Gasteiger partial charge in [-0.15, -0.1) is 6.42 Å². The lowest BCUT2D eigenvalue weighted by Crippen LogP contribution is -2.35. The van der Waals surface area contributed by atoms with Crippen molar-refractivity contribution in [2.45, 2.75) is 26.4 Å². The summed E-state index contributed by atoms with van der Waals surface area (Å²) in [6, 6.07) is 0. The number of carbonyl (C=O) groups excluding carboxylic acids is 1. The number of carbonyl (C=O) groups is 1. The van der Waals surface area contributed by atoms with Crippen LogP contribution in [0.4, 0.5) is 16.7 Å². The van der Waals surface area contributed by atoms with Gasteiger partial charge < -0.3 is 20.7 Å². The number of ether oxygens (including phenoxy) is 1. The van der Waals surface area contributed by atoms with Gasteiger partial charge >= 0.3 is 6.09 Å². The van der Waals surface area contributed by atoms with Crippen molar-refractivity contribution in [2.75, 3.05) is 30.3 Å². The fourth-order valence-corrected chi connectivity index (χ4v) is 1.45. The zero-order valence-corrected chi connectivity index (χ0v) is 13.5. The van der Waals surface area contributed by atoms with E-state index in [2.05, 4.69) is 36.8 Å². The number of hydrogen-bond donors (Lipinski definition) is 3. The fourth-order valence-electron chi connectivity index (χ4n) is 1.29. The molecular formula is C13H19ClN6O2. The third kappa shape index (κ3) is 7.50. The van der Waals surface area contributed by atoms with Crippen LogP contribution in [-0.2, 0) is 4.74 Å². The summed E-state index contributed by atoms with van der Waals surface area (Å²) in [7, 11) is 0. The van der Waals surface area contributed by atoms with Crippen LogP contribution in [0.15, 0.2) is 0 Å². The summed E-state index contributed by atoms with van der Waals surface area (Å²) in [5.41, 5.74) is -0.531. The van der Waals surface area contributed by atoms with E-state index in [-0.39, 0.29) is 23.7 Å². The highest BCUT2D eigenvalue weighted by Crippen LogP contribution is 2.09. The maximum Gasteiger partial charge on any atom is 0.407 e. The lowest BCUT2D eigenvalue weighted by Gasteiger charge is -2.19. The van der Waals surface area contributed by atoms with Crippen LogP contribution in [0, 0.1) is 12.3 Å². The van der Waals surface area contributed by atoms with E-state index in [0.29, 0.717) is 13.1 Å². The summed E-state index contributed by atoms with van der Waals surface area (Å²) in [5, 5.41) is 8.35. The van der Waals surface area contributed by atoms with Crippen LogP contribution in [0.3, 0.4) is 0 Å². The normalized spacial score (nSPS) is 10.5. The van der Waals surface area contributed by atoms with Gasteiger partial charge in [-0.25, -0.2) is 4.79 Å². The molecule has 0 fully saturated rings. The smallest absolute Gasteiger partial charge is 0.407 e. The Bertz CT molecular complexity index is 552. The molecule has 0 atom stereocenters. The zero-order valence-electron chi connectivity index (χ0n) is 12.7. The predicted molar refractivity (Wildman–Crippen MR) is 84.9 cm³/mol. The molecule has 0 radical (unpaired) electrons. The summed E-state index contributed by atoms with van der Waals surface area (Å²) < 4.78 is 5.10.